The SMILES string of the molecule is O=c1c2ccccc2oc2nc3ccc4c(c5ccccc5n4-c4cccc(-c5ccccc5)c4)c3n12. The fourth-order valence-corrected chi connectivity index (χ4v) is 5.54. The highest BCUT2D eigenvalue weighted by Gasteiger charge is 2.20. The molecule has 0 unspecified atom stereocenters. The largest absolute Gasteiger partial charge is 0.424 e. The summed E-state index contributed by atoms with van der Waals surface area (Å²) < 4.78 is 9.96. The predicted octanol–water partition coefficient (Wildman–Crippen LogP) is 7.36. The van der Waals surface area contributed by atoms with Gasteiger partial charge in [-0.25, -0.2) is 4.40 Å². The van der Waals surface area contributed by atoms with E-state index in [1.807, 2.05) is 36.4 Å². The number of fused-ring (bicyclic) bond motifs is 8. The summed E-state index contributed by atoms with van der Waals surface area (Å²) >= 11 is 0. The number of nitrogens with zero attached hydrogens (tertiary/aromatic N) is 3. The second-order valence-corrected chi connectivity index (χ2v) is 9.23. The second kappa shape index (κ2) is 7.42. The third-order valence-corrected chi connectivity index (χ3v) is 7.15. The lowest BCUT2D eigenvalue weighted by Gasteiger charge is -2.10. The Labute approximate surface area is 210 Å². The molecule has 0 N–H and O–H groups in total. The average molecular weight is 478 g/mol. The molecule has 0 aliphatic heterocycles. The van der Waals surface area contributed by atoms with Crippen molar-refractivity contribution in [3.8, 4) is 16.8 Å². The van der Waals surface area contributed by atoms with Crippen molar-refractivity contribution in [2.24, 2.45) is 0 Å². The quantitative estimate of drug-likeness (QED) is 0.261. The topological polar surface area (TPSA) is 52.4 Å². The molecule has 3 aromatic heterocycles. The van der Waals surface area contributed by atoms with Gasteiger partial charge in [-0.05, 0) is 53.6 Å². The Morgan fingerprint density at radius 1 is 0.649 bits per heavy atom. The van der Waals surface area contributed by atoms with Gasteiger partial charge in [0, 0.05) is 16.5 Å². The Morgan fingerprint density at radius 3 is 2.30 bits per heavy atom. The summed E-state index contributed by atoms with van der Waals surface area (Å²) in [6, 6.07) is 38.6. The number of hydrogen-bond acceptors (Lipinski definition) is 3. The van der Waals surface area contributed by atoms with Crippen molar-refractivity contribution in [3.05, 3.63) is 126 Å². The van der Waals surface area contributed by atoms with Gasteiger partial charge in [0.15, 0.2) is 0 Å². The van der Waals surface area contributed by atoms with Gasteiger partial charge in [-0.1, -0.05) is 72.8 Å². The van der Waals surface area contributed by atoms with Crippen LogP contribution in [0.2, 0.25) is 0 Å². The molecule has 5 aromatic carbocycles. The van der Waals surface area contributed by atoms with Crippen molar-refractivity contribution in [2.45, 2.75) is 0 Å². The molecule has 0 atom stereocenters. The zero-order valence-corrected chi connectivity index (χ0v) is 19.6. The van der Waals surface area contributed by atoms with Crippen LogP contribution < -0.4 is 5.56 Å². The summed E-state index contributed by atoms with van der Waals surface area (Å²) in [5.74, 6) is 0.300. The van der Waals surface area contributed by atoms with Crippen LogP contribution in [0.15, 0.2) is 124 Å². The lowest BCUT2D eigenvalue weighted by Crippen LogP contribution is -2.12. The number of rotatable bonds is 2. The molecule has 0 amide bonds. The lowest BCUT2D eigenvalue weighted by molar-refractivity contribution is 0.616. The van der Waals surface area contributed by atoms with Crippen LogP contribution in [0.25, 0.3) is 66.5 Å². The monoisotopic (exact) mass is 477 g/mol. The van der Waals surface area contributed by atoms with Crippen molar-refractivity contribution >= 4 is 49.7 Å². The highest BCUT2D eigenvalue weighted by molar-refractivity contribution is 6.20. The van der Waals surface area contributed by atoms with E-state index in [4.69, 9.17) is 9.40 Å². The van der Waals surface area contributed by atoms with Crippen LogP contribution >= 0.6 is 0 Å². The first-order chi connectivity index (χ1) is 18.3. The van der Waals surface area contributed by atoms with Gasteiger partial charge in [0.1, 0.15) is 5.58 Å². The van der Waals surface area contributed by atoms with E-state index in [0.717, 1.165) is 44.1 Å². The van der Waals surface area contributed by atoms with Crippen molar-refractivity contribution < 1.29 is 4.42 Å². The van der Waals surface area contributed by atoms with Crippen LogP contribution in [0.5, 0.6) is 0 Å². The van der Waals surface area contributed by atoms with Gasteiger partial charge in [-0.2, -0.15) is 4.98 Å². The van der Waals surface area contributed by atoms with Gasteiger partial charge in [-0.15, -0.1) is 0 Å². The van der Waals surface area contributed by atoms with Gasteiger partial charge in [0.2, 0.25) is 0 Å². The molecule has 0 aliphatic carbocycles. The third-order valence-electron chi connectivity index (χ3n) is 7.15. The van der Waals surface area contributed by atoms with Crippen molar-refractivity contribution in [3.63, 3.8) is 0 Å². The Morgan fingerprint density at radius 2 is 1.41 bits per heavy atom. The van der Waals surface area contributed by atoms with Crippen LogP contribution in [0.4, 0.5) is 0 Å². The minimum Gasteiger partial charge on any atom is -0.424 e. The number of benzene rings is 5. The first-order valence-corrected chi connectivity index (χ1v) is 12.2. The Balaban J connectivity index is 1.52. The van der Waals surface area contributed by atoms with Gasteiger partial charge in [-0.3, -0.25) is 4.79 Å². The normalized spacial score (nSPS) is 11.9. The molecule has 3 heterocycles. The van der Waals surface area contributed by atoms with Crippen molar-refractivity contribution in [1.29, 1.82) is 0 Å². The molecule has 0 saturated carbocycles. The summed E-state index contributed by atoms with van der Waals surface area (Å²) in [6.45, 7) is 0. The molecular formula is C32H19N3O2. The standard InChI is InChI=1S/C32H19N3O2/c36-31-24-14-5-7-16-28(24)37-32-33-25-17-18-27-29(30(25)35(31)32)23-13-4-6-15-26(23)34(27)22-12-8-11-21(19-22)20-9-2-1-3-10-20/h1-19H. The van der Waals surface area contributed by atoms with Crippen LogP contribution in [-0.2, 0) is 0 Å². The van der Waals surface area contributed by atoms with E-state index in [9.17, 15) is 4.79 Å². The van der Waals surface area contributed by atoms with Crippen LogP contribution in [0.1, 0.15) is 0 Å². The Kier molecular flexibility index (Phi) is 4.03. The highest BCUT2D eigenvalue weighted by atomic mass is 16.3. The van der Waals surface area contributed by atoms with Crippen LogP contribution in [0.3, 0.4) is 0 Å². The van der Waals surface area contributed by atoms with Crippen molar-refractivity contribution in [2.75, 3.05) is 0 Å². The van der Waals surface area contributed by atoms with E-state index in [-0.39, 0.29) is 5.56 Å². The molecule has 5 heteroatoms. The Hall–Kier alpha value is -5.16. The minimum atomic E-state index is -0.130. The van der Waals surface area contributed by atoms with Gasteiger partial charge in [0.25, 0.3) is 5.56 Å². The number of hydrogen-bond donors (Lipinski definition) is 0. The molecule has 37 heavy (non-hydrogen) atoms. The predicted molar refractivity (Wildman–Crippen MR) is 149 cm³/mol. The summed E-state index contributed by atoms with van der Waals surface area (Å²) in [7, 11) is 0. The highest BCUT2D eigenvalue weighted by Crippen LogP contribution is 2.37. The molecule has 174 valence electrons. The average Bonchev–Trinajstić information content (AvgIpc) is 3.49. The lowest BCUT2D eigenvalue weighted by atomic mass is 10.1. The molecular weight excluding hydrogens is 458 g/mol. The fourth-order valence-electron chi connectivity index (χ4n) is 5.54. The maximum Gasteiger partial charge on any atom is 0.310 e. The molecule has 8 rings (SSSR count). The van der Waals surface area contributed by atoms with E-state index >= 15 is 0 Å². The summed E-state index contributed by atoms with van der Waals surface area (Å²) in [4.78, 5) is 18.4. The molecule has 0 spiro atoms. The van der Waals surface area contributed by atoms with Crippen LogP contribution in [0, 0.1) is 0 Å². The summed E-state index contributed by atoms with van der Waals surface area (Å²) in [5.41, 5.74) is 7.33. The van der Waals surface area contributed by atoms with E-state index < -0.39 is 0 Å². The zero-order chi connectivity index (χ0) is 24.5. The van der Waals surface area contributed by atoms with E-state index in [0.29, 0.717) is 16.8 Å². The summed E-state index contributed by atoms with van der Waals surface area (Å²) in [6.07, 6.45) is 0. The first-order valence-electron chi connectivity index (χ1n) is 12.2. The molecule has 0 aliphatic rings. The molecule has 0 saturated heterocycles. The van der Waals surface area contributed by atoms with E-state index in [1.165, 1.54) is 5.56 Å². The smallest absolute Gasteiger partial charge is 0.310 e. The van der Waals surface area contributed by atoms with Gasteiger partial charge >= 0.3 is 5.84 Å². The van der Waals surface area contributed by atoms with E-state index in [2.05, 4.69) is 71.3 Å². The number of imidazole rings is 1. The minimum absolute atomic E-state index is 0.130. The Bertz CT molecular complexity index is 2220. The fraction of sp³-hybridized carbons (Fsp3) is 0. The first kappa shape index (κ1) is 20.1. The van der Waals surface area contributed by atoms with Crippen LogP contribution in [-0.4, -0.2) is 14.0 Å². The summed E-state index contributed by atoms with van der Waals surface area (Å²) in [5, 5.41) is 2.57. The molecule has 5 nitrogen and oxygen atoms in total. The zero-order valence-electron chi connectivity index (χ0n) is 19.6. The van der Waals surface area contributed by atoms with E-state index in [1.54, 1.807) is 16.5 Å². The second-order valence-electron chi connectivity index (χ2n) is 9.23. The number of para-hydroxylation sites is 2. The van der Waals surface area contributed by atoms with Gasteiger partial charge < -0.3 is 8.98 Å². The molecule has 0 radical (unpaired) electrons. The van der Waals surface area contributed by atoms with Gasteiger partial charge in [0.05, 0.1) is 27.5 Å². The maximum atomic E-state index is 13.7. The maximum absolute atomic E-state index is 13.7. The number of aromatic nitrogens is 3. The molecule has 0 bridgehead atoms. The third kappa shape index (κ3) is 2.79. The molecule has 0 fully saturated rings. The molecule has 8 aromatic rings. The van der Waals surface area contributed by atoms with Crippen molar-refractivity contribution in [1.82, 2.24) is 14.0 Å².